The lowest BCUT2D eigenvalue weighted by Crippen LogP contribution is -2.39. The van der Waals surface area contributed by atoms with Crippen LogP contribution in [0.25, 0.3) is 5.69 Å². The lowest BCUT2D eigenvalue weighted by molar-refractivity contribution is -0.129. The highest BCUT2D eigenvalue weighted by molar-refractivity contribution is 7.99. The van der Waals surface area contributed by atoms with E-state index in [9.17, 15) is 4.79 Å². The molecule has 0 spiro atoms. The fourth-order valence-corrected chi connectivity index (χ4v) is 4.62. The first-order valence-corrected chi connectivity index (χ1v) is 11.5. The first-order chi connectivity index (χ1) is 13.9. The molecule has 1 aliphatic carbocycles. The standard InChI is InChI=1S/C21H30ClN5OS/c1-15(25(2)3)20-23-24-21(27(20)18-12-10-16(22)11-13-18)29-14-19(28)26(4)17-8-6-5-7-9-17/h10-13,15,17H,5-9,14H2,1-4H3/t15-/m0/s1. The third kappa shape index (κ3) is 5.32. The maximum atomic E-state index is 12.8. The molecule has 1 heterocycles. The Labute approximate surface area is 182 Å². The van der Waals surface area contributed by atoms with Gasteiger partial charge in [-0.2, -0.15) is 0 Å². The van der Waals surface area contributed by atoms with Gasteiger partial charge in [-0.25, -0.2) is 0 Å². The summed E-state index contributed by atoms with van der Waals surface area (Å²) in [5.74, 6) is 1.34. The molecule has 2 aromatic rings. The average molecular weight is 436 g/mol. The van der Waals surface area contributed by atoms with Crippen molar-refractivity contribution in [3.63, 3.8) is 0 Å². The van der Waals surface area contributed by atoms with Gasteiger partial charge in [0.25, 0.3) is 0 Å². The van der Waals surface area contributed by atoms with Gasteiger partial charge in [0, 0.05) is 23.8 Å². The van der Waals surface area contributed by atoms with E-state index in [0.717, 1.165) is 29.5 Å². The van der Waals surface area contributed by atoms with Gasteiger partial charge in [-0.3, -0.25) is 14.3 Å². The summed E-state index contributed by atoms with van der Waals surface area (Å²) in [5, 5.41) is 10.3. The Balaban J connectivity index is 1.79. The van der Waals surface area contributed by atoms with Crippen LogP contribution in [0, 0.1) is 0 Å². The zero-order valence-electron chi connectivity index (χ0n) is 17.6. The SMILES string of the molecule is C[C@@H](c1nnc(SCC(=O)N(C)C2CCCCC2)n1-c1ccc(Cl)cc1)N(C)C. The molecule has 3 rings (SSSR count). The van der Waals surface area contributed by atoms with Crippen LogP contribution in [-0.2, 0) is 4.79 Å². The molecule has 1 saturated carbocycles. The van der Waals surface area contributed by atoms with Gasteiger partial charge in [-0.1, -0.05) is 42.6 Å². The number of carbonyl (C=O) groups excluding carboxylic acids is 1. The third-order valence-electron chi connectivity index (χ3n) is 5.73. The van der Waals surface area contributed by atoms with Gasteiger partial charge in [0.15, 0.2) is 11.0 Å². The van der Waals surface area contributed by atoms with E-state index >= 15 is 0 Å². The van der Waals surface area contributed by atoms with E-state index < -0.39 is 0 Å². The van der Waals surface area contributed by atoms with Crippen molar-refractivity contribution in [2.75, 3.05) is 26.9 Å². The van der Waals surface area contributed by atoms with Gasteiger partial charge >= 0.3 is 0 Å². The second-order valence-electron chi connectivity index (χ2n) is 7.88. The monoisotopic (exact) mass is 435 g/mol. The number of hydrogen-bond acceptors (Lipinski definition) is 5. The summed E-state index contributed by atoms with van der Waals surface area (Å²) in [6.07, 6.45) is 5.93. The molecule has 8 heteroatoms. The summed E-state index contributed by atoms with van der Waals surface area (Å²) in [4.78, 5) is 16.8. The molecule has 0 radical (unpaired) electrons. The maximum Gasteiger partial charge on any atom is 0.233 e. The Bertz CT molecular complexity index is 817. The number of benzene rings is 1. The third-order valence-corrected chi connectivity index (χ3v) is 6.90. The summed E-state index contributed by atoms with van der Waals surface area (Å²) >= 11 is 7.52. The van der Waals surface area contributed by atoms with Crippen LogP contribution in [0.1, 0.15) is 50.9 Å². The Hall–Kier alpha value is -1.57. The van der Waals surface area contributed by atoms with Crippen molar-refractivity contribution < 1.29 is 4.79 Å². The van der Waals surface area contributed by atoms with Gasteiger partial charge < -0.3 is 4.90 Å². The van der Waals surface area contributed by atoms with E-state index in [2.05, 4.69) is 22.0 Å². The molecule has 6 nitrogen and oxygen atoms in total. The first kappa shape index (κ1) is 22.1. The van der Waals surface area contributed by atoms with Gasteiger partial charge in [0.1, 0.15) is 0 Å². The topological polar surface area (TPSA) is 54.3 Å². The predicted molar refractivity (Wildman–Crippen MR) is 119 cm³/mol. The van der Waals surface area contributed by atoms with Crippen LogP contribution < -0.4 is 0 Å². The number of amides is 1. The molecule has 1 fully saturated rings. The van der Waals surface area contributed by atoms with Gasteiger partial charge in [-0.05, 0) is 58.1 Å². The number of aromatic nitrogens is 3. The Morgan fingerprint density at radius 1 is 1.17 bits per heavy atom. The Morgan fingerprint density at radius 3 is 2.45 bits per heavy atom. The van der Waals surface area contributed by atoms with E-state index in [1.165, 1.54) is 31.0 Å². The molecule has 29 heavy (non-hydrogen) atoms. The van der Waals surface area contributed by atoms with Crippen LogP contribution >= 0.6 is 23.4 Å². The van der Waals surface area contributed by atoms with Crippen molar-refractivity contribution in [2.24, 2.45) is 0 Å². The van der Waals surface area contributed by atoms with Crippen molar-refractivity contribution in [3.8, 4) is 5.69 Å². The zero-order valence-corrected chi connectivity index (χ0v) is 19.2. The molecule has 0 N–H and O–H groups in total. The highest BCUT2D eigenvalue weighted by Gasteiger charge is 2.24. The fraction of sp³-hybridized carbons (Fsp3) is 0.571. The molecular weight excluding hydrogens is 406 g/mol. The zero-order chi connectivity index (χ0) is 21.0. The van der Waals surface area contributed by atoms with Crippen LogP contribution in [0.3, 0.4) is 0 Å². The van der Waals surface area contributed by atoms with Crippen LogP contribution in [0.4, 0.5) is 0 Å². The van der Waals surface area contributed by atoms with Gasteiger partial charge in [0.2, 0.25) is 5.91 Å². The minimum absolute atomic E-state index is 0.0770. The number of halogens is 1. The van der Waals surface area contributed by atoms with Crippen LogP contribution in [0.2, 0.25) is 5.02 Å². The van der Waals surface area contributed by atoms with Crippen molar-refractivity contribution in [1.29, 1.82) is 0 Å². The molecule has 1 aromatic carbocycles. The minimum Gasteiger partial charge on any atom is -0.342 e. The van der Waals surface area contributed by atoms with E-state index in [4.69, 9.17) is 11.6 Å². The summed E-state index contributed by atoms with van der Waals surface area (Å²) in [6.45, 7) is 2.09. The Morgan fingerprint density at radius 2 is 1.83 bits per heavy atom. The largest absolute Gasteiger partial charge is 0.342 e. The fourth-order valence-electron chi connectivity index (χ4n) is 3.61. The van der Waals surface area contributed by atoms with Crippen molar-refractivity contribution >= 4 is 29.3 Å². The molecule has 0 saturated heterocycles. The molecule has 1 amide bonds. The van der Waals surface area contributed by atoms with Gasteiger partial charge in [-0.15, -0.1) is 10.2 Å². The molecule has 1 aromatic heterocycles. The maximum absolute atomic E-state index is 12.8. The molecule has 0 unspecified atom stereocenters. The van der Waals surface area contributed by atoms with Crippen molar-refractivity contribution in [2.45, 2.75) is 56.3 Å². The van der Waals surface area contributed by atoms with Crippen LogP contribution in [-0.4, -0.2) is 63.4 Å². The van der Waals surface area contributed by atoms with Crippen molar-refractivity contribution in [1.82, 2.24) is 24.6 Å². The number of thioether (sulfide) groups is 1. The lowest BCUT2D eigenvalue weighted by Gasteiger charge is -2.31. The second kappa shape index (κ2) is 9.96. The smallest absolute Gasteiger partial charge is 0.233 e. The van der Waals surface area contributed by atoms with E-state index in [1.807, 2.05) is 54.9 Å². The number of nitrogens with zero attached hydrogens (tertiary/aromatic N) is 5. The average Bonchev–Trinajstić information content (AvgIpc) is 3.15. The highest BCUT2D eigenvalue weighted by Crippen LogP contribution is 2.28. The highest BCUT2D eigenvalue weighted by atomic mass is 35.5. The van der Waals surface area contributed by atoms with E-state index in [-0.39, 0.29) is 11.9 Å². The van der Waals surface area contributed by atoms with Gasteiger partial charge in [0.05, 0.1) is 11.8 Å². The molecule has 1 aliphatic rings. The Kier molecular flexibility index (Phi) is 7.60. The van der Waals surface area contributed by atoms with E-state index in [0.29, 0.717) is 16.8 Å². The second-order valence-corrected chi connectivity index (χ2v) is 9.26. The molecule has 158 valence electrons. The minimum atomic E-state index is 0.0770. The summed E-state index contributed by atoms with van der Waals surface area (Å²) in [7, 11) is 5.96. The van der Waals surface area contributed by atoms with Crippen LogP contribution in [0.5, 0.6) is 0 Å². The number of carbonyl (C=O) groups is 1. The molecular formula is C21H30ClN5OS. The molecule has 1 atom stereocenters. The van der Waals surface area contributed by atoms with Crippen molar-refractivity contribution in [3.05, 3.63) is 35.1 Å². The normalized spacial score (nSPS) is 16.2. The molecule has 0 aliphatic heterocycles. The molecule has 0 bridgehead atoms. The summed E-state index contributed by atoms with van der Waals surface area (Å²) in [5.41, 5.74) is 0.943. The van der Waals surface area contributed by atoms with E-state index in [1.54, 1.807) is 0 Å². The summed E-state index contributed by atoms with van der Waals surface area (Å²) in [6, 6.07) is 8.08. The summed E-state index contributed by atoms with van der Waals surface area (Å²) < 4.78 is 2.03. The van der Waals surface area contributed by atoms with Crippen LogP contribution in [0.15, 0.2) is 29.4 Å². The number of hydrogen-bond donors (Lipinski definition) is 0. The first-order valence-electron chi connectivity index (χ1n) is 10.1. The lowest BCUT2D eigenvalue weighted by atomic mass is 9.94. The number of rotatable bonds is 7. The predicted octanol–water partition coefficient (Wildman–Crippen LogP) is 4.43. The quantitative estimate of drug-likeness (QED) is 0.602.